The van der Waals surface area contributed by atoms with Gasteiger partial charge in [-0.2, -0.15) is 23.3 Å². The van der Waals surface area contributed by atoms with Crippen molar-refractivity contribution in [3.05, 3.63) is 24.0 Å². The van der Waals surface area contributed by atoms with Gasteiger partial charge < -0.3 is 10.6 Å². The summed E-state index contributed by atoms with van der Waals surface area (Å²) in [5.74, 6) is 1.21. The predicted octanol–water partition coefficient (Wildman–Crippen LogP) is 3.84. The molecule has 0 spiro atoms. The molecule has 1 aliphatic carbocycles. The first kappa shape index (κ1) is 16.5. The molecule has 9 heteroatoms. The molecule has 2 heterocycles. The van der Waals surface area contributed by atoms with Gasteiger partial charge in [-0.3, -0.25) is 0 Å². The Kier molecular flexibility index (Phi) is 4.33. The van der Waals surface area contributed by atoms with E-state index in [4.69, 9.17) is 0 Å². The van der Waals surface area contributed by atoms with Crippen LogP contribution in [0.3, 0.4) is 0 Å². The maximum atomic E-state index is 13.0. The Morgan fingerprint density at radius 2 is 2.08 bits per heavy atom. The summed E-state index contributed by atoms with van der Waals surface area (Å²) in [6.45, 7) is 4.22. The maximum absolute atomic E-state index is 13.0. The van der Waals surface area contributed by atoms with Crippen molar-refractivity contribution >= 4 is 17.6 Å². The van der Waals surface area contributed by atoms with E-state index < -0.39 is 11.7 Å². The number of hydrogen-bond acceptors (Lipinski definition) is 5. The van der Waals surface area contributed by atoms with Crippen LogP contribution in [-0.2, 0) is 6.18 Å². The molecule has 1 aliphatic rings. The van der Waals surface area contributed by atoms with E-state index >= 15 is 0 Å². The van der Waals surface area contributed by atoms with Crippen LogP contribution >= 0.6 is 0 Å². The fourth-order valence-electron chi connectivity index (χ4n) is 2.83. The van der Waals surface area contributed by atoms with E-state index in [2.05, 4.69) is 32.6 Å². The van der Waals surface area contributed by atoms with Crippen molar-refractivity contribution in [3.8, 4) is 0 Å². The lowest BCUT2D eigenvalue weighted by atomic mass is 9.82. The molecule has 24 heavy (non-hydrogen) atoms. The third-order valence-electron chi connectivity index (χ3n) is 4.04. The summed E-state index contributed by atoms with van der Waals surface area (Å²) in [5, 5.41) is 9.89. The van der Waals surface area contributed by atoms with Crippen molar-refractivity contribution in [1.29, 1.82) is 0 Å². The normalized spacial score (nSPS) is 20.5. The molecular formula is C15H19F3N6. The Morgan fingerprint density at radius 1 is 1.33 bits per heavy atom. The molecule has 6 nitrogen and oxygen atoms in total. The second-order valence-electron chi connectivity index (χ2n) is 6.00. The molecule has 0 saturated heterocycles. The van der Waals surface area contributed by atoms with Crippen molar-refractivity contribution in [2.24, 2.45) is 5.92 Å². The van der Waals surface area contributed by atoms with Gasteiger partial charge in [0.15, 0.2) is 0 Å². The van der Waals surface area contributed by atoms with E-state index in [1.165, 1.54) is 0 Å². The highest BCUT2D eigenvalue weighted by Gasteiger charge is 2.35. The number of anilines is 3. The lowest BCUT2D eigenvalue weighted by Gasteiger charge is -2.33. The Morgan fingerprint density at radius 3 is 2.71 bits per heavy atom. The molecule has 2 aromatic rings. The minimum atomic E-state index is -4.50. The number of rotatable bonds is 5. The Bertz CT molecular complexity index is 705. The smallest absolute Gasteiger partial charge is 0.370 e. The highest BCUT2D eigenvalue weighted by atomic mass is 19.4. The van der Waals surface area contributed by atoms with Crippen LogP contribution in [0.2, 0.25) is 0 Å². The number of halogens is 3. The van der Waals surface area contributed by atoms with Crippen molar-refractivity contribution < 1.29 is 13.2 Å². The average molecular weight is 340 g/mol. The molecule has 1 fully saturated rings. The summed E-state index contributed by atoms with van der Waals surface area (Å²) in [6.07, 6.45) is 0.0136. The zero-order valence-corrected chi connectivity index (χ0v) is 13.4. The summed E-state index contributed by atoms with van der Waals surface area (Å²) in [4.78, 5) is 7.77. The first-order chi connectivity index (χ1) is 11.4. The number of hydrogen-bond donors (Lipinski definition) is 2. The zero-order valence-electron chi connectivity index (χ0n) is 13.4. The summed E-state index contributed by atoms with van der Waals surface area (Å²) < 4.78 is 40.8. The fraction of sp³-hybridized carbons (Fsp3) is 0.533. The van der Waals surface area contributed by atoms with E-state index in [0.29, 0.717) is 24.3 Å². The lowest BCUT2D eigenvalue weighted by molar-refractivity contribution is -0.137. The minimum absolute atomic E-state index is 0.105. The van der Waals surface area contributed by atoms with Crippen LogP contribution in [-0.4, -0.2) is 26.3 Å². The van der Waals surface area contributed by atoms with Crippen LogP contribution in [0.4, 0.5) is 30.8 Å². The molecule has 0 unspecified atom stereocenters. The zero-order chi connectivity index (χ0) is 17.3. The van der Waals surface area contributed by atoms with Gasteiger partial charge in [0.25, 0.3) is 0 Å². The van der Waals surface area contributed by atoms with Crippen molar-refractivity contribution in [2.45, 2.75) is 38.9 Å². The number of nitrogens with one attached hydrogen (secondary N) is 2. The monoisotopic (exact) mass is 340 g/mol. The number of aromatic nitrogens is 4. The van der Waals surface area contributed by atoms with Gasteiger partial charge in [-0.1, -0.05) is 6.92 Å². The molecule has 1 saturated carbocycles. The van der Waals surface area contributed by atoms with E-state index in [9.17, 15) is 13.2 Å². The molecule has 0 bridgehead atoms. The van der Waals surface area contributed by atoms with Crippen LogP contribution in [0.5, 0.6) is 0 Å². The molecule has 2 aromatic heterocycles. The summed E-state index contributed by atoms with van der Waals surface area (Å²) in [7, 11) is 0. The van der Waals surface area contributed by atoms with Gasteiger partial charge >= 0.3 is 6.18 Å². The Balaban J connectivity index is 1.83. The minimum Gasteiger partial charge on any atom is -0.370 e. The van der Waals surface area contributed by atoms with E-state index in [0.717, 1.165) is 19.0 Å². The van der Waals surface area contributed by atoms with Gasteiger partial charge in [-0.25, -0.2) is 9.67 Å². The second-order valence-corrected chi connectivity index (χ2v) is 6.00. The second kappa shape index (κ2) is 6.29. The van der Waals surface area contributed by atoms with Crippen LogP contribution in [0, 0.1) is 5.92 Å². The maximum Gasteiger partial charge on any atom is 0.421 e. The third-order valence-corrected chi connectivity index (χ3v) is 4.04. The van der Waals surface area contributed by atoms with Crippen LogP contribution in [0.25, 0.3) is 0 Å². The van der Waals surface area contributed by atoms with Crippen molar-refractivity contribution in [3.63, 3.8) is 0 Å². The molecule has 130 valence electrons. The van der Waals surface area contributed by atoms with Gasteiger partial charge in [-0.15, -0.1) is 0 Å². The molecule has 0 amide bonds. The summed E-state index contributed by atoms with van der Waals surface area (Å²) in [6, 6.07) is 2.07. The highest BCUT2D eigenvalue weighted by molar-refractivity contribution is 5.54. The third kappa shape index (κ3) is 3.29. The highest BCUT2D eigenvalue weighted by Crippen LogP contribution is 2.39. The topological polar surface area (TPSA) is 67.7 Å². The predicted molar refractivity (Wildman–Crippen MR) is 84.1 cm³/mol. The molecular weight excluding hydrogens is 321 g/mol. The number of alkyl halides is 3. The van der Waals surface area contributed by atoms with Crippen LogP contribution in [0.1, 0.15) is 38.3 Å². The molecule has 0 aliphatic heterocycles. The van der Waals surface area contributed by atoms with Crippen molar-refractivity contribution in [2.75, 3.05) is 17.2 Å². The van der Waals surface area contributed by atoms with Gasteiger partial charge in [-0.05, 0) is 25.7 Å². The van der Waals surface area contributed by atoms with Crippen LogP contribution < -0.4 is 10.6 Å². The Hall–Kier alpha value is -2.32. The van der Waals surface area contributed by atoms with Crippen LogP contribution in [0.15, 0.2) is 18.5 Å². The van der Waals surface area contributed by atoms with Gasteiger partial charge in [0.1, 0.15) is 17.2 Å². The molecule has 3 rings (SSSR count). The molecule has 0 atom stereocenters. The van der Waals surface area contributed by atoms with Gasteiger partial charge in [0.2, 0.25) is 5.95 Å². The fourth-order valence-corrected chi connectivity index (χ4v) is 2.83. The largest absolute Gasteiger partial charge is 0.421 e. The lowest BCUT2D eigenvalue weighted by Crippen LogP contribution is -2.26. The standard InChI is InChI=1S/C15H19F3N6/c1-3-19-13-11(15(16,17)18)8-20-14(23-13)22-12-4-5-21-24(12)10-6-9(2)7-10/h4-5,8-10H,3,6-7H2,1-2H3,(H2,19,20,22,23). The molecule has 0 aromatic carbocycles. The van der Waals surface area contributed by atoms with E-state index in [1.54, 1.807) is 19.2 Å². The average Bonchev–Trinajstić information content (AvgIpc) is 2.91. The van der Waals surface area contributed by atoms with Crippen molar-refractivity contribution in [1.82, 2.24) is 19.7 Å². The first-order valence-corrected chi connectivity index (χ1v) is 7.87. The van der Waals surface area contributed by atoms with Gasteiger partial charge in [0, 0.05) is 18.8 Å². The summed E-state index contributed by atoms with van der Waals surface area (Å²) >= 11 is 0. The summed E-state index contributed by atoms with van der Waals surface area (Å²) in [5.41, 5.74) is -0.878. The van der Waals surface area contributed by atoms with E-state index in [1.807, 2.05) is 4.68 Å². The van der Waals surface area contributed by atoms with Gasteiger partial charge in [0.05, 0.1) is 12.2 Å². The first-order valence-electron chi connectivity index (χ1n) is 7.87. The quantitative estimate of drug-likeness (QED) is 0.866. The Labute approximate surface area is 137 Å². The SMILES string of the molecule is CCNc1nc(Nc2ccnn2C2CC(C)C2)ncc1C(F)(F)F. The molecule has 2 N–H and O–H groups in total. The number of nitrogens with zero attached hydrogens (tertiary/aromatic N) is 4. The molecule has 0 radical (unpaired) electrons. The van der Waals surface area contributed by atoms with E-state index in [-0.39, 0.29) is 11.8 Å².